The van der Waals surface area contributed by atoms with Crippen LogP contribution in [0.1, 0.15) is 43.4 Å². The first-order valence-electron chi connectivity index (χ1n) is 8.65. The van der Waals surface area contributed by atoms with Gasteiger partial charge in [-0.05, 0) is 65.3 Å². The van der Waals surface area contributed by atoms with E-state index in [-0.39, 0.29) is 24.0 Å². The van der Waals surface area contributed by atoms with Gasteiger partial charge in [0.15, 0.2) is 5.96 Å². The second-order valence-electron chi connectivity index (χ2n) is 6.56. The molecular formula is C19H35IN4. The smallest absolute Gasteiger partial charge is 0.191 e. The Morgan fingerprint density at radius 1 is 1.17 bits per heavy atom. The highest BCUT2D eigenvalue weighted by Crippen LogP contribution is 2.09. The second kappa shape index (κ2) is 12.5. The fourth-order valence-electron chi connectivity index (χ4n) is 2.39. The average molecular weight is 446 g/mol. The summed E-state index contributed by atoms with van der Waals surface area (Å²) in [5, 5.41) is 6.79. The highest BCUT2D eigenvalue weighted by atomic mass is 127. The fourth-order valence-corrected chi connectivity index (χ4v) is 2.39. The Bertz CT molecular complexity index is 500. The molecule has 0 fully saturated rings. The number of hydrogen-bond donors (Lipinski definition) is 2. The van der Waals surface area contributed by atoms with E-state index in [2.05, 4.69) is 73.5 Å². The summed E-state index contributed by atoms with van der Waals surface area (Å²) < 4.78 is 0. The number of rotatable bonds is 8. The van der Waals surface area contributed by atoms with Gasteiger partial charge in [0.2, 0.25) is 0 Å². The summed E-state index contributed by atoms with van der Waals surface area (Å²) in [4.78, 5) is 6.68. The number of nitrogens with zero attached hydrogens (tertiary/aromatic N) is 2. The molecule has 1 aromatic carbocycles. The monoisotopic (exact) mass is 446 g/mol. The van der Waals surface area contributed by atoms with Crippen LogP contribution in [0.15, 0.2) is 23.2 Å². The van der Waals surface area contributed by atoms with Crippen LogP contribution in [0, 0.1) is 13.8 Å². The van der Waals surface area contributed by atoms with Crippen LogP contribution < -0.4 is 10.6 Å². The zero-order valence-corrected chi connectivity index (χ0v) is 18.5. The second-order valence-corrected chi connectivity index (χ2v) is 6.56. The van der Waals surface area contributed by atoms with Gasteiger partial charge in [-0.25, -0.2) is 0 Å². The van der Waals surface area contributed by atoms with Gasteiger partial charge >= 0.3 is 0 Å². The van der Waals surface area contributed by atoms with Gasteiger partial charge in [-0.1, -0.05) is 23.8 Å². The van der Waals surface area contributed by atoms with E-state index >= 15 is 0 Å². The number of benzene rings is 1. The first kappa shape index (κ1) is 23.2. The molecule has 0 saturated carbocycles. The van der Waals surface area contributed by atoms with E-state index in [4.69, 9.17) is 0 Å². The summed E-state index contributed by atoms with van der Waals surface area (Å²) in [7, 11) is 4.01. The Hall–Kier alpha value is -0.820. The maximum absolute atomic E-state index is 4.30. The summed E-state index contributed by atoms with van der Waals surface area (Å²) in [5.74, 6) is 0.877. The fraction of sp³-hybridized carbons (Fsp3) is 0.632. The molecule has 0 atom stereocenters. The molecule has 0 aliphatic rings. The van der Waals surface area contributed by atoms with Gasteiger partial charge in [0.05, 0.1) is 0 Å². The van der Waals surface area contributed by atoms with Crippen molar-refractivity contribution < 1.29 is 0 Å². The number of nitrogens with one attached hydrogen (secondary N) is 2. The Morgan fingerprint density at radius 2 is 1.88 bits per heavy atom. The summed E-state index contributed by atoms with van der Waals surface area (Å²) in [6, 6.07) is 7.19. The Labute approximate surface area is 165 Å². The molecule has 0 aromatic heterocycles. The van der Waals surface area contributed by atoms with Crippen molar-refractivity contribution in [3.05, 3.63) is 34.9 Å². The van der Waals surface area contributed by atoms with Crippen molar-refractivity contribution >= 4 is 29.9 Å². The third-order valence-electron chi connectivity index (χ3n) is 4.28. The van der Waals surface area contributed by atoms with Gasteiger partial charge < -0.3 is 15.5 Å². The van der Waals surface area contributed by atoms with E-state index in [1.54, 1.807) is 0 Å². The summed E-state index contributed by atoms with van der Waals surface area (Å²) >= 11 is 0. The van der Waals surface area contributed by atoms with Crippen molar-refractivity contribution in [3.63, 3.8) is 0 Å². The zero-order valence-electron chi connectivity index (χ0n) is 16.1. The van der Waals surface area contributed by atoms with Crippen molar-refractivity contribution in [1.29, 1.82) is 0 Å². The van der Waals surface area contributed by atoms with E-state index in [1.807, 2.05) is 7.05 Å². The highest BCUT2D eigenvalue weighted by Gasteiger charge is 2.03. The summed E-state index contributed by atoms with van der Waals surface area (Å²) in [5.41, 5.74) is 3.95. The van der Waals surface area contributed by atoms with E-state index in [0.29, 0.717) is 6.04 Å². The molecule has 0 heterocycles. The normalized spacial score (nSPS) is 11.6. The quantitative estimate of drug-likeness (QED) is 0.277. The van der Waals surface area contributed by atoms with E-state index in [0.717, 1.165) is 32.0 Å². The molecular weight excluding hydrogens is 411 g/mol. The number of aliphatic imine (C=N–C) groups is 1. The van der Waals surface area contributed by atoms with Crippen LogP contribution in [0.3, 0.4) is 0 Å². The first-order chi connectivity index (χ1) is 10.9. The summed E-state index contributed by atoms with van der Waals surface area (Å²) in [6.45, 7) is 11.7. The third-order valence-corrected chi connectivity index (χ3v) is 4.28. The van der Waals surface area contributed by atoms with Gasteiger partial charge in [-0.2, -0.15) is 0 Å². The lowest BCUT2D eigenvalue weighted by atomic mass is 10.1. The lowest BCUT2D eigenvalue weighted by Gasteiger charge is -2.20. The SMILES string of the molecule is CN=C(NCCCCN(C)C(C)C)NCc1ccc(C)cc1C.I. The Morgan fingerprint density at radius 3 is 2.46 bits per heavy atom. The number of halogens is 1. The van der Waals surface area contributed by atoms with Gasteiger partial charge in [-0.3, -0.25) is 4.99 Å². The van der Waals surface area contributed by atoms with E-state index in [1.165, 1.54) is 23.1 Å². The van der Waals surface area contributed by atoms with Gasteiger partial charge in [0.1, 0.15) is 0 Å². The van der Waals surface area contributed by atoms with Gasteiger partial charge in [-0.15, -0.1) is 24.0 Å². The van der Waals surface area contributed by atoms with Crippen LogP contribution in [0.4, 0.5) is 0 Å². The minimum Gasteiger partial charge on any atom is -0.356 e. The van der Waals surface area contributed by atoms with Gasteiger partial charge in [0, 0.05) is 26.2 Å². The van der Waals surface area contributed by atoms with Crippen LogP contribution in [0.2, 0.25) is 0 Å². The van der Waals surface area contributed by atoms with Crippen LogP contribution in [-0.4, -0.2) is 44.1 Å². The summed E-state index contributed by atoms with van der Waals surface area (Å²) in [6.07, 6.45) is 2.36. The Balaban J connectivity index is 0.00000529. The molecule has 0 aliphatic heterocycles. The largest absolute Gasteiger partial charge is 0.356 e. The molecule has 138 valence electrons. The molecule has 1 rings (SSSR count). The molecule has 0 saturated heterocycles. The molecule has 2 N–H and O–H groups in total. The zero-order chi connectivity index (χ0) is 17.2. The number of guanidine groups is 1. The molecule has 0 unspecified atom stereocenters. The molecule has 4 nitrogen and oxygen atoms in total. The van der Waals surface area contributed by atoms with Crippen molar-refractivity contribution in [3.8, 4) is 0 Å². The van der Waals surface area contributed by atoms with Crippen molar-refractivity contribution in [2.45, 2.75) is 53.1 Å². The predicted octanol–water partition coefficient (Wildman–Crippen LogP) is 3.71. The van der Waals surface area contributed by atoms with Crippen molar-refractivity contribution in [1.82, 2.24) is 15.5 Å². The predicted molar refractivity (Wildman–Crippen MR) is 117 cm³/mol. The molecule has 0 radical (unpaired) electrons. The van der Waals surface area contributed by atoms with E-state index < -0.39 is 0 Å². The standard InChI is InChI=1S/C19H34N4.HI/c1-15(2)23(6)12-8-7-11-21-19(20-5)22-14-18-10-9-16(3)13-17(18)4;/h9-10,13,15H,7-8,11-12,14H2,1-6H3,(H2,20,21,22);1H. The van der Waals surface area contributed by atoms with Gasteiger partial charge in [0.25, 0.3) is 0 Å². The number of unbranched alkanes of at least 4 members (excludes halogenated alkanes) is 1. The molecule has 0 amide bonds. The first-order valence-corrected chi connectivity index (χ1v) is 8.65. The van der Waals surface area contributed by atoms with Crippen LogP contribution in [0.25, 0.3) is 0 Å². The van der Waals surface area contributed by atoms with Crippen LogP contribution in [-0.2, 0) is 6.54 Å². The van der Waals surface area contributed by atoms with E-state index in [9.17, 15) is 0 Å². The number of hydrogen-bond acceptors (Lipinski definition) is 2. The molecule has 5 heteroatoms. The Kier molecular flexibility index (Phi) is 12.1. The molecule has 24 heavy (non-hydrogen) atoms. The average Bonchev–Trinajstić information content (AvgIpc) is 2.51. The third kappa shape index (κ3) is 8.87. The van der Waals surface area contributed by atoms with Crippen LogP contribution >= 0.6 is 24.0 Å². The topological polar surface area (TPSA) is 39.7 Å². The maximum Gasteiger partial charge on any atom is 0.191 e. The molecule has 0 bridgehead atoms. The highest BCUT2D eigenvalue weighted by molar-refractivity contribution is 14.0. The molecule has 0 spiro atoms. The molecule has 0 aliphatic carbocycles. The maximum atomic E-state index is 4.30. The van der Waals surface area contributed by atoms with Crippen molar-refractivity contribution in [2.24, 2.45) is 4.99 Å². The number of aryl methyl sites for hydroxylation is 2. The van der Waals surface area contributed by atoms with Crippen LogP contribution in [0.5, 0.6) is 0 Å². The lowest BCUT2D eigenvalue weighted by Crippen LogP contribution is -2.37. The lowest BCUT2D eigenvalue weighted by molar-refractivity contribution is 0.268. The minimum atomic E-state index is 0. The minimum absolute atomic E-state index is 0. The molecule has 1 aromatic rings. The van der Waals surface area contributed by atoms with Crippen molar-refractivity contribution in [2.75, 3.05) is 27.2 Å².